The lowest BCUT2D eigenvalue weighted by molar-refractivity contribution is -0.136. The van der Waals surface area contributed by atoms with Crippen molar-refractivity contribution in [2.75, 3.05) is 18.5 Å². The van der Waals surface area contributed by atoms with E-state index in [1.165, 1.54) is 6.92 Å². The number of fused-ring (bicyclic) bond motifs is 1. The smallest absolute Gasteiger partial charge is 0.264 e. The normalized spacial score (nSPS) is 17.9. The molecule has 36 heavy (non-hydrogen) atoms. The summed E-state index contributed by atoms with van der Waals surface area (Å²) in [5, 5.41) is 8.22. The largest absolute Gasteiger partial charge is 0.494 e. The number of carbonyl (C=O) groups excluding carboxylic acids is 5. The van der Waals surface area contributed by atoms with E-state index in [0.717, 1.165) is 10.5 Å². The van der Waals surface area contributed by atoms with Gasteiger partial charge in [0.25, 0.3) is 11.8 Å². The summed E-state index contributed by atoms with van der Waals surface area (Å²) in [5.74, 6) is -1.51. The maximum atomic E-state index is 13.1. The highest BCUT2D eigenvalue weighted by molar-refractivity contribution is 6.25. The Labute approximate surface area is 208 Å². The number of rotatable bonds is 9. The molecule has 2 atom stereocenters. The van der Waals surface area contributed by atoms with Crippen LogP contribution in [0.15, 0.2) is 42.5 Å². The molecule has 2 aromatic carbocycles. The second-order valence-corrected chi connectivity index (χ2v) is 8.80. The Bertz CT molecular complexity index is 1210. The first-order valence-corrected chi connectivity index (χ1v) is 11.8. The Morgan fingerprint density at radius 2 is 1.86 bits per heavy atom. The fraction of sp³-hybridized carbons (Fsp3) is 0.346. The molecule has 2 aromatic rings. The average Bonchev–Trinajstić information content (AvgIpc) is 3.09. The summed E-state index contributed by atoms with van der Waals surface area (Å²) in [6.45, 7) is 4.31. The van der Waals surface area contributed by atoms with Gasteiger partial charge in [-0.3, -0.25) is 34.2 Å². The summed E-state index contributed by atoms with van der Waals surface area (Å²) in [5.41, 5.74) is 1.95. The van der Waals surface area contributed by atoms with Gasteiger partial charge >= 0.3 is 0 Å². The van der Waals surface area contributed by atoms with E-state index in [9.17, 15) is 24.0 Å². The molecule has 1 fully saturated rings. The molecule has 0 aliphatic carbocycles. The van der Waals surface area contributed by atoms with Crippen LogP contribution in [0.5, 0.6) is 5.75 Å². The zero-order valence-corrected chi connectivity index (χ0v) is 20.1. The number of amides is 5. The van der Waals surface area contributed by atoms with Crippen molar-refractivity contribution < 1.29 is 28.7 Å². The molecule has 2 heterocycles. The second kappa shape index (κ2) is 10.6. The predicted molar refractivity (Wildman–Crippen MR) is 130 cm³/mol. The van der Waals surface area contributed by atoms with Gasteiger partial charge in [0.05, 0.1) is 23.8 Å². The maximum absolute atomic E-state index is 13.1. The lowest BCUT2D eigenvalue weighted by Crippen LogP contribution is -2.54. The van der Waals surface area contributed by atoms with Crippen molar-refractivity contribution in [2.24, 2.45) is 0 Å². The topological polar surface area (TPSA) is 134 Å². The van der Waals surface area contributed by atoms with Crippen molar-refractivity contribution >= 4 is 35.2 Å². The molecule has 0 aromatic heterocycles. The molecule has 2 aliphatic rings. The third-order valence-electron chi connectivity index (χ3n) is 6.17. The van der Waals surface area contributed by atoms with Gasteiger partial charge in [-0.1, -0.05) is 18.2 Å². The van der Waals surface area contributed by atoms with Crippen molar-refractivity contribution in [2.45, 2.75) is 45.2 Å². The van der Waals surface area contributed by atoms with Crippen LogP contribution >= 0.6 is 0 Å². The molecule has 0 radical (unpaired) electrons. The van der Waals surface area contributed by atoms with Crippen LogP contribution in [-0.4, -0.2) is 53.6 Å². The first kappa shape index (κ1) is 24.9. The minimum atomic E-state index is -0.996. The van der Waals surface area contributed by atoms with E-state index in [-0.39, 0.29) is 35.9 Å². The fourth-order valence-corrected chi connectivity index (χ4v) is 4.39. The summed E-state index contributed by atoms with van der Waals surface area (Å²) in [4.78, 5) is 61.9. The van der Waals surface area contributed by atoms with E-state index in [0.29, 0.717) is 31.0 Å². The Morgan fingerprint density at radius 3 is 2.56 bits per heavy atom. The van der Waals surface area contributed by atoms with Crippen LogP contribution in [0, 0.1) is 0 Å². The van der Waals surface area contributed by atoms with Crippen molar-refractivity contribution in [1.29, 1.82) is 0 Å². The fourth-order valence-electron chi connectivity index (χ4n) is 4.39. The zero-order chi connectivity index (χ0) is 25.8. The maximum Gasteiger partial charge on any atom is 0.264 e. The van der Waals surface area contributed by atoms with Gasteiger partial charge < -0.3 is 15.4 Å². The molecule has 10 heteroatoms. The van der Waals surface area contributed by atoms with Gasteiger partial charge in [-0.15, -0.1) is 0 Å². The van der Waals surface area contributed by atoms with Crippen LogP contribution in [0.4, 0.5) is 5.69 Å². The number of nitrogens with zero attached hydrogens (tertiary/aromatic N) is 1. The number of hydrogen-bond donors (Lipinski definition) is 3. The number of benzene rings is 2. The quantitative estimate of drug-likeness (QED) is 0.361. The van der Waals surface area contributed by atoms with Gasteiger partial charge in [0.2, 0.25) is 17.7 Å². The summed E-state index contributed by atoms with van der Waals surface area (Å²) in [6, 6.07) is 11.4. The molecule has 0 bridgehead atoms. The summed E-state index contributed by atoms with van der Waals surface area (Å²) < 4.78 is 5.78. The highest BCUT2D eigenvalue weighted by Crippen LogP contribution is 2.32. The van der Waals surface area contributed by atoms with Crippen LogP contribution in [0.2, 0.25) is 0 Å². The zero-order valence-electron chi connectivity index (χ0n) is 20.1. The van der Waals surface area contributed by atoms with Crippen molar-refractivity contribution in [1.82, 2.24) is 15.5 Å². The van der Waals surface area contributed by atoms with Crippen LogP contribution < -0.4 is 20.7 Å². The first-order chi connectivity index (χ1) is 17.3. The van der Waals surface area contributed by atoms with Crippen molar-refractivity contribution in [3.63, 3.8) is 0 Å². The Morgan fingerprint density at radius 1 is 1.11 bits per heavy atom. The van der Waals surface area contributed by atoms with E-state index in [4.69, 9.17) is 4.74 Å². The SMILES string of the molecule is CC(=O)N[C@H](C)c1ccc(OCCCNc2cccc3c2C(=O)N(C2CCC(=O)NC2=O)C3=O)cc1. The summed E-state index contributed by atoms with van der Waals surface area (Å²) in [7, 11) is 0. The van der Waals surface area contributed by atoms with E-state index in [1.807, 2.05) is 31.2 Å². The third-order valence-corrected chi connectivity index (χ3v) is 6.17. The van der Waals surface area contributed by atoms with Gasteiger partial charge in [0, 0.05) is 25.6 Å². The molecule has 1 saturated heterocycles. The molecule has 5 amide bonds. The Balaban J connectivity index is 1.31. The predicted octanol–water partition coefficient (Wildman–Crippen LogP) is 2.17. The molecule has 2 aliphatic heterocycles. The number of piperidine rings is 1. The lowest BCUT2D eigenvalue weighted by Gasteiger charge is -2.27. The first-order valence-electron chi connectivity index (χ1n) is 11.8. The molecule has 0 spiro atoms. The molecule has 4 rings (SSSR count). The number of imide groups is 2. The Hall–Kier alpha value is -4.21. The Kier molecular flexibility index (Phi) is 7.33. The molecular formula is C26H28N4O6. The molecule has 188 valence electrons. The van der Waals surface area contributed by atoms with Crippen molar-refractivity contribution in [3.8, 4) is 5.75 Å². The molecular weight excluding hydrogens is 464 g/mol. The number of ether oxygens (including phenoxy) is 1. The minimum absolute atomic E-state index is 0.0754. The highest BCUT2D eigenvalue weighted by atomic mass is 16.5. The number of nitrogens with one attached hydrogen (secondary N) is 3. The third kappa shape index (κ3) is 5.22. The van der Waals surface area contributed by atoms with E-state index in [2.05, 4.69) is 16.0 Å². The standard InChI is InChI=1S/C26H28N4O6/c1-15(28-16(2)31)17-7-9-18(10-8-17)36-14-4-13-27-20-6-3-5-19-23(20)26(35)30(25(19)34)21-11-12-22(32)29-24(21)33/h3,5-10,15,21,27H,4,11-14H2,1-2H3,(H,28,31)(H,29,32,33)/t15-,21?/m1/s1. The highest BCUT2D eigenvalue weighted by Gasteiger charge is 2.45. The summed E-state index contributed by atoms with van der Waals surface area (Å²) >= 11 is 0. The lowest BCUT2D eigenvalue weighted by atomic mass is 10.0. The van der Waals surface area contributed by atoms with Gasteiger partial charge in [0.15, 0.2) is 0 Å². The van der Waals surface area contributed by atoms with Crippen LogP contribution in [-0.2, 0) is 14.4 Å². The van der Waals surface area contributed by atoms with Gasteiger partial charge in [-0.05, 0) is 49.6 Å². The van der Waals surface area contributed by atoms with Crippen LogP contribution in [0.3, 0.4) is 0 Å². The number of carbonyl (C=O) groups is 5. The van der Waals surface area contributed by atoms with Gasteiger partial charge in [-0.2, -0.15) is 0 Å². The molecule has 10 nitrogen and oxygen atoms in total. The van der Waals surface area contributed by atoms with Crippen molar-refractivity contribution in [3.05, 3.63) is 59.2 Å². The van der Waals surface area contributed by atoms with E-state index in [1.54, 1.807) is 18.2 Å². The molecule has 0 saturated carbocycles. The minimum Gasteiger partial charge on any atom is -0.494 e. The number of hydrogen-bond acceptors (Lipinski definition) is 7. The molecule has 3 N–H and O–H groups in total. The second-order valence-electron chi connectivity index (χ2n) is 8.80. The van der Waals surface area contributed by atoms with Gasteiger partial charge in [-0.25, -0.2) is 0 Å². The number of anilines is 1. The van der Waals surface area contributed by atoms with E-state index < -0.39 is 29.7 Å². The summed E-state index contributed by atoms with van der Waals surface area (Å²) in [6.07, 6.45) is 0.821. The van der Waals surface area contributed by atoms with Gasteiger partial charge in [0.1, 0.15) is 11.8 Å². The van der Waals surface area contributed by atoms with Crippen LogP contribution in [0.1, 0.15) is 65.4 Å². The average molecular weight is 493 g/mol. The van der Waals surface area contributed by atoms with Crippen LogP contribution in [0.25, 0.3) is 0 Å². The molecule has 1 unspecified atom stereocenters. The van der Waals surface area contributed by atoms with E-state index >= 15 is 0 Å². The monoisotopic (exact) mass is 492 g/mol.